The Morgan fingerprint density at radius 2 is 2.05 bits per heavy atom. The number of hydrogen-bond acceptors (Lipinski definition) is 5. The van der Waals surface area contributed by atoms with E-state index in [4.69, 9.17) is 5.73 Å². The number of nitrogens with one attached hydrogen (secondary N) is 2. The Kier molecular flexibility index (Phi) is 4.96. The lowest BCUT2D eigenvalue weighted by atomic mass is 10.2. The summed E-state index contributed by atoms with van der Waals surface area (Å²) in [5, 5.41) is 18.7. The Hall–Kier alpha value is -2.97. The van der Waals surface area contributed by atoms with Crippen LogP contribution in [0.2, 0.25) is 0 Å². The lowest BCUT2D eigenvalue weighted by Gasteiger charge is -2.00. The highest BCUT2D eigenvalue weighted by molar-refractivity contribution is 5.89. The number of hydrogen-bond donors (Lipinski definition) is 3. The topological polar surface area (TPSA) is 135 Å². The quantitative estimate of drug-likeness (QED) is 0.306. The van der Waals surface area contributed by atoms with Crippen molar-refractivity contribution in [2.45, 2.75) is 6.92 Å². The molecular weight excluding hydrogens is 252 g/mol. The first-order valence-corrected chi connectivity index (χ1v) is 5.12. The van der Waals surface area contributed by atoms with Gasteiger partial charge in [-0.15, -0.1) is 5.10 Å². The molecule has 0 heterocycles. The van der Waals surface area contributed by atoms with Gasteiger partial charge in [-0.25, -0.2) is 10.1 Å². The van der Waals surface area contributed by atoms with Crippen molar-refractivity contribution in [1.29, 1.82) is 0 Å². The van der Waals surface area contributed by atoms with E-state index in [1.807, 2.05) is 0 Å². The van der Waals surface area contributed by atoms with Gasteiger partial charge in [0.05, 0.1) is 6.21 Å². The monoisotopic (exact) mass is 264 g/mol. The molecule has 0 radical (unpaired) electrons. The standard InChI is InChI=1S/C10H12N6O3/c1-7(17)13-9-4-2-8(3-5-9)6-12-14-10(11)15-16(18)19/h2-6H,1H3,(H,13,17)(H3,11,14,15)/b12-6+. The number of nitro groups is 1. The van der Waals surface area contributed by atoms with Crippen LogP contribution in [0.5, 0.6) is 0 Å². The molecule has 0 aliphatic carbocycles. The molecule has 100 valence electrons. The van der Waals surface area contributed by atoms with E-state index in [0.29, 0.717) is 11.3 Å². The molecule has 1 aromatic carbocycles. The predicted molar refractivity (Wildman–Crippen MR) is 70.1 cm³/mol. The fourth-order valence-corrected chi connectivity index (χ4v) is 1.13. The summed E-state index contributed by atoms with van der Waals surface area (Å²) in [4.78, 5) is 20.8. The van der Waals surface area contributed by atoms with E-state index in [-0.39, 0.29) is 5.91 Å². The zero-order valence-electron chi connectivity index (χ0n) is 10.0. The minimum atomic E-state index is -0.837. The van der Waals surface area contributed by atoms with Crippen LogP contribution in [-0.4, -0.2) is 23.1 Å². The van der Waals surface area contributed by atoms with Crippen LogP contribution in [-0.2, 0) is 4.79 Å². The predicted octanol–water partition coefficient (Wildman–Crippen LogP) is 0.0749. The van der Waals surface area contributed by atoms with Crippen molar-refractivity contribution in [2.24, 2.45) is 15.9 Å². The lowest BCUT2D eigenvalue weighted by molar-refractivity contribution is -0.525. The van der Waals surface area contributed by atoms with Crippen LogP contribution >= 0.6 is 0 Å². The summed E-state index contributed by atoms with van der Waals surface area (Å²) in [6.45, 7) is 1.41. The highest BCUT2D eigenvalue weighted by Crippen LogP contribution is 2.07. The molecule has 0 atom stereocenters. The number of carbonyl (C=O) groups excluding carboxylic acids is 1. The van der Waals surface area contributed by atoms with Gasteiger partial charge in [0.15, 0.2) is 5.03 Å². The fourth-order valence-electron chi connectivity index (χ4n) is 1.13. The van der Waals surface area contributed by atoms with Crippen LogP contribution < -0.4 is 16.5 Å². The maximum atomic E-state index is 10.8. The molecule has 0 fully saturated rings. The molecule has 9 heteroatoms. The third kappa shape index (κ3) is 5.77. The van der Waals surface area contributed by atoms with Gasteiger partial charge in [-0.1, -0.05) is 17.6 Å². The average molecular weight is 264 g/mol. The molecule has 4 N–H and O–H groups in total. The van der Waals surface area contributed by atoms with Crippen LogP contribution in [0.1, 0.15) is 12.5 Å². The zero-order valence-corrected chi connectivity index (χ0v) is 10.0. The molecule has 0 bridgehead atoms. The van der Waals surface area contributed by atoms with Gasteiger partial charge in [0, 0.05) is 12.6 Å². The Bertz CT molecular complexity index is 523. The van der Waals surface area contributed by atoms with E-state index in [1.54, 1.807) is 29.7 Å². The summed E-state index contributed by atoms with van der Waals surface area (Å²) < 4.78 is 0. The SMILES string of the molecule is CC(=O)Nc1ccc(/C=N/N=C(/N)N[N+](=O)[O-])cc1. The molecular formula is C10H12N6O3. The maximum absolute atomic E-state index is 10.8. The molecule has 19 heavy (non-hydrogen) atoms. The van der Waals surface area contributed by atoms with Crippen molar-refractivity contribution in [3.05, 3.63) is 39.9 Å². The van der Waals surface area contributed by atoms with Crippen LogP contribution in [0.3, 0.4) is 0 Å². The Morgan fingerprint density at radius 3 is 2.58 bits per heavy atom. The van der Waals surface area contributed by atoms with Crippen LogP contribution in [0.4, 0.5) is 5.69 Å². The van der Waals surface area contributed by atoms with E-state index in [2.05, 4.69) is 15.5 Å². The number of hydrazine groups is 1. The number of amides is 1. The number of benzene rings is 1. The van der Waals surface area contributed by atoms with Gasteiger partial charge in [0.1, 0.15) is 0 Å². The van der Waals surface area contributed by atoms with Gasteiger partial charge in [-0.2, -0.15) is 5.10 Å². The van der Waals surface area contributed by atoms with Gasteiger partial charge in [0.25, 0.3) is 5.96 Å². The minimum Gasteiger partial charge on any atom is -0.364 e. The molecule has 0 aromatic heterocycles. The molecule has 0 unspecified atom stereocenters. The number of guanidine groups is 1. The van der Waals surface area contributed by atoms with E-state index >= 15 is 0 Å². The molecule has 1 aromatic rings. The van der Waals surface area contributed by atoms with E-state index in [0.717, 1.165) is 0 Å². The lowest BCUT2D eigenvalue weighted by Crippen LogP contribution is -2.35. The molecule has 0 aliphatic heterocycles. The van der Waals surface area contributed by atoms with Crippen LogP contribution in [0, 0.1) is 10.1 Å². The first kappa shape index (κ1) is 14.1. The minimum absolute atomic E-state index is 0.162. The van der Waals surface area contributed by atoms with E-state index < -0.39 is 11.0 Å². The second kappa shape index (κ2) is 6.69. The Morgan fingerprint density at radius 1 is 1.42 bits per heavy atom. The van der Waals surface area contributed by atoms with Gasteiger partial charge in [-0.05, 0) is 17.7 Å². The number of anilines is 1. The molecule has 1 rings (SSSR count). The normalized spacial score (nSPS) is 11.3. The summed E-state index contributed by atoms with van der Waals surface area (Å²) in [5.41, 5.74) is 8.16. The summed E-state index contributed by atoms with van der Waals surface area (Å²) in [6.07, 6.45) is 1.37. The summed E-state index contributed by atoms with van der Waals surface area (Å²) >= 11 is 0. The first-order chi connectivity index (χ1) is 8.97. The van der Waals surface area contributed by atoms with Crippen molar-refractivity contribution in [3.8, 4) is 0 Å². The smallest absolute Gasteiger partial charge is 0.275 e. The number of nitrogens with two attached hydrogens (primary N) is 1. The van der Waals surface area contributed by atoms with Gasteiger partial charge >= 0.3 is 0 Å². The molecule has 0 spiro atoms. The molecule has 1 amide bonds. The van der Waals surface area contributed by atoms with Gasteiger partial charge in [0.2, 0.25) is 5.91 Å². The first-order valence-electron chi connectivity index (χ1n) is 5.12. The van der Waals surface area contributed by atoms with Crippen molar-refractivity contribution in [2.75, 3.05) is 5.32 Å². The van der Waals surface area contributed by atoms with Gasteiger partial charge in [-0.3, -0.25) is 4.79 Å². The maximum Gasteiger partial charge on any atom is 0.275 e. The number of nitrogens with zero attached hydrogens (tertiary/aromatic N) is 3. The van der Waals surface area contributed by atoms with Crippen LogP contribution in [0.25, 0.3) is 0 Å². The fraction of sp³-hybridized carbons (Fsp3) is 0.100. The molecule has 0 saturated heterocycles. The van der Waals surface area contributed by atoms with E-state index in [1.165, 1.54) is 13.1 Å². The third-order valence-electron chi connectivity index (χ3n) is 1.81. The number of rotatable bonds is 4. The zero-order chi connectivity index (χ0) is 14.3. The van der Waals surface area contributed by atoms with Gasteiger partial charge < -0.3 is 11.1 Å². The summed E-state index contributed by atoms with van der Waals surface area (Å²) in [7, 11) is 0. The third-order valence-corrected chi connectivity index (χ3v) is 1.81. The molecule has 0 aliphatic rings. The second-order valence-electron chi connectivity index (χ2n) is 3.40. The summed E-state index contributed by atoms with van der Waals surface area (Å²) in [5.74, 6) is -0.583. The van der Waals surface area contributed by atoms with Crippen molar-refractivity contribution < 1.29 is 9.83 Å². The number of carbonyl (C=O) groups is 1. The molecule has 0 saturated carbocycles. The van der Waals surface area contributed by atoms with Crippen molar-refractivity contribution in [3.63, 3.8) is 0 Å². The average Bonchev–Trinajstić information content (AvgIpc) is 2.29. The largest absolute Gasteiger partial charge is 0.364 e. The second-order valence-corrected chi connectivity index (χ2v) is 3.40. The van der Waals surface area contributed by atoms with Crippen molar-refractivity contribution >= 4 is 23.8 Å². The highest BCUT2D eigenvalue weighted by atomic mass is 16.7. The molecule has 9 nitrogen and oxygen atoms in total. The van der Waals surface area contributed by atoms with Crippen LogP contribution in [0.15, 0.2) is 34.5 Å². The Labute approximate surface area is 108 Å². The Balaban J connectivity index is 2.62. The summed E-state index contributed by atoms with van der Waals surface area (Å²) in [6, 6.07) is 6.76. The van der Waals surface area contributed by atoms with E-state index in [9.17, 15) is 14.9 Å². The van der Waals surface area contributed by atoms with Crippen molar-refractivity contribution in [1.82, 2.24) is 5.43 Å². The highest BCUT2D eigenvalue weighted by Gasteiger charge is 1.97.